The molecular formula is C25H26N6O. The van der Waals surface area contributed by atoms with Gasteiger partial charge in [-0.15, -0.1) is 0 Å². The van der Waals surface area contributed by atoms with Crippen LogP contribution >= 0.6 is 0 Å². The molecule has 0 aliphatic carbocycles. The van der Waals surface area contributed by atoms with E-state index in [0.717, 1.165) is 47.5 Å². The first-order chi connectivity index (χ1) is 15.5. The van der Waals surface area contributed by atoms with E-state index >= 15 is 0 Å². The molecule has 4 heterocycles. The Morgan fingerprint density at radius 1 is 1.12 bits per heavy atom. The van der Waals surface area contributed by atoms with Gasteiger partial charge in [0.1, 0.15) is 5.82 Å². The van der Waals surface area contributed by atoms with Crippen molar-refractivity contribution in [3.8, 4) is 22.4 Å². The maximum absolute atomic E-state index is 12.5. The number of fused-ring (bicyclic) bond motifs is 1. The van der Waals surface area contributed by atoms with Crippen molar-refractivity contribution in [1.29, 1.82) is 0 Å². The summed E-state index contributed by atoms with van der Waals surface area (Å²) in [5, 5.41) is 7.92. The first kappa shape index (κ1) is 20.3. The molecule has 5 rings (SSSR count). The third-order valence-electron chi connectivity index (χ3n) is 6.22. The highest BCUT2D eigenvalue weighted by atomic mass is 16.1. The Labute approximate surface area is 186 Å². The molecule has 7 heteroatoms. The normalized spacial score (nSPS) is 18.7. The molecule has 0 radical (unpaired) electrons. The van der Waals surface area contributed by atoms with E-state index in [1.165, 1.54) is 0 Å². The Morgan fingerprint density at radius 3 is 2.62 bits per heavy atom. The summed E-state index contributed by atoms with van der Waals surface area (Å²) in [6.07, 6.45) is 5.42. The number of nitrogens with one attached hydrogen (secondary N) is 1. The highest BCUT2D eigenvalue weighted by molar-refractivity contribution is 6.00. The van der Waals surface area contributed by atoms with Crippen LogP contribution in [0.4, 0.5) is 5.82 Å². The van der Waals surface area contributed by atoms with E-state index < -0.39 is 0 Å². The van der Waals surface area contributed by atoms with Gasteiger partial charge in [0.2, 0.25) is 0 Å². The summed E-state index contributed by atoms with van der Waals surface area (Å²) in [7, 11) is 0. The molecule has 3 aromatic heterocycles. The second kappa shape index (κ2) is 8.16. The van der Waals surface area contributed by atoms with Gasteiger partial charge in [-0.2, -0.15) is 9.61 Å². The van der Waals surface area contributed by atoms with Gasteiger partial charge in [-0.3, -0.25) is 9.78 Å². The molecule has 7 nitrogen and oxygen atoms in total. The minimum absolute atomic E-state index is 0.0796. The maximum Gasteiger partial charge on any atom is 0.165 e. The van der Waals surface area contributed by atoms with E-state index in [0.29, 0.717) is 23.1 Å². The SMILES string of the molecule is CC(=O)c1c([C@@H]2CCN[C@@H](C)C2)nc2c(-c3ccc(-c4ccccc4)nc3)cnn2c1N. The lowest BCUT2D eigenvalue weighted by atomic mass is 9.87. The minimum Gasteiger partial charge on any atom is -0.383 e. The average molecular weight is 427 g/mol. The highest BCUT2D eigenvalue weighted by Crippen LogP contribution is 2.34. The van der Waals surface area contributed by atoms with Gasteiger partial charge >= 0.3 is 0 Å². The number of nitrogens with two attached hydrogens (primary N) is 1. The van der Waals surface area contributed by atoms with E-state index in [1.54, 1.807) is 17.6 Å². The van der Waals surface area contributed by atoms with E-state index in [9.17, 15) is 4.79 Å². The van der Waals surface area contributed by atoms with Crippen LogP contribution in [-0.2, 0) is 0 Å². The van der Waals surface area contributed by atoms with Crippen molar-refractivity contribution in [3.05, 3.63) is 66.1 Å². The number of pyridine rings is 1. The molecule has 1 aliphatic rings. The van der Waals surface area contributed by atoms with Gasteiger partial charge in [-0.25, -0.2) is 4.98 Å². The lowest BCUT2D eigenvalue weighted by Gasteiger charge is -2.29. The number of aromatic nitrogens is 4. The summed E-state index contributed by atoms with van der Waals surface area (Å²) < 4.78 is 1.57. The number of rotatable bonds is 4. The van der Waals surface area contributed by atoms with Crippen LogP contribution in [0.15, 0.2) is 54.9 Å². The monoisotopic (exact) mass is 426 g/mol. The van der Waals surface area contributed by atoms with Crippen LogP contribution in [-0.4, -0.2) is 38.0 Å². The number of ketones is 1. The summed E-state index contributed by atoms with van der Waals surface area (Å²) in [6, 6.07) is 14.4. The Balaban J connectivity index is 1.61. The van der Waals surface area contributed by atoms with E-state index in [-0.39, 0.29) is 11.7 Å². The molecule has 1 saturated heterocycles. The number of hydrogen-bond acceptors (Lipinski definition) is 6. The molecule has 4 aromatic rings. The van der Waals surface area contributed by atoms with Crippen LogP contribution in [0.5, 0.6) is 0 Å². The number of Topliss-reactive ketones (excluding diaryl/α,β-unsaturated/α-hetero) is 1. The predicted molar refractivity (Wildman–Crippen MR) is 126 cm³/mol. The predicted octanol–water partition coefficient (Wildman–Crippen LogP) is 4.10. The van der Waals surface area contributed by atoms with E-state index in [4.69, 9.17) is 10.7 Å². The third-order valence-corrected chi connectivity index (χ3v) is 6.22. The zero-order valence-electron chi connectivity index (χ0n) is 18.2. The Kier molecular flexibility index (Phi) is 5.19. The molecule has 0 saturated carbocycles. The lowest BCUT2D eigenvalue weighted by molar-refractivity contribution is 0.101. The number of nitrogens with zero attached hydrogens (tertiary/aromatic N) is 4. The summed E-state index contributed by atoms with van der Waals surface area (Å²) in [5.41, 5.74) is 12.1. The molecule has 0 bridgehead atoms. The van der Waals surface area contributed by atoms with Gasteiger partial charge in [-0.1, -0.05) is 36.4 Å². The Morgan fingerprint density at radius 2 is 1.94 bits per heavy atom. The van der Waals surface area contributed by atoms with Crippen LogP contribution < -0.4 is 11.1 Å². The largest absolute Gasteiger partial charge is 0.383 e. The highest BCUT2D eigenvalue weighted by Gasteiger charge is 2.28. The fourth-order valence-corrected chi connectivity index (χ4v) is 4.61. The van der Waals surface area contributed by atoms with Crippen molar-refractivity contribution in [2.75, 3.05) is 12.3 Å². The summed E-state index contributed by atoms with van der Waals surface area (Å²) >= 11 is 0. The fraction of sp³-hybridized carbons (Fsp3) is 0.280. The van der Waals surface area contributed by atoms with Crippen molar-refractivity contribution in [3.63, 3.8) is 0 Å². The molecule has 32 heavy (non-hydrogen) atoms. The molecule has 0 unspecified atom stereocenters. The average Bonchev–Trinajstić information content (AvgIpc) is 3.24. The van der Waals surface area contributed by atoms with Gasteiger partial charge in [-0.05, 0) is 39.3 Å². The Bertz CT molecular complexity index is 1280. The lowest BCUT2D eigenvalue weighted by Crippen LogP contribution is -2.35. The van der Waals surface area contributed by atoms with E-state index in [1.807, 2.05) is 48.7 Å². The molecule has 1 aliphatic heterocycles. The molecule has 3 N–H and O–H groups in total. The number of piperidine rings is 1. The molecule has 1 fully saturated rings. The zero-order valence-corrected chi connectivity index (χ0v) is 18.2. The standard InChI is InChI=1S/C25H26N6O/c1-15-12-18(10-11-27-15)23-22(16(2)32)24(26)31-25(30-23)20(14-29-31)19-8-9-21(28-13-19)17-6-4-3-5-7-17/h3-9,13-15,18,27H,10-12,26H2,1-2H3/t15-,18+/m0/s1. The molecule has 162 valence electrons. The van der Waals surface area contributed by atoms with E-state index in [2.05, 4.69) is 22.3 Å². The third kappa shape index (κ3) is 3.54. The smallest absolute Gasteiger partial charge is 0.165 e. The van der Waals surface area contributed by atoms with Crippen molar-refractivity contribution in [1.82, 2.24) is 24.9 Å². The number of anilines is 1. The van der Waals surface area contributed by atoms with Gasteiger partial charge in [0.15, 0.2) is 11.4 Å². The molecule has 0 amide bonds. The summed E-state index contributed by atoms with van der Waals surface area (Å²) in [6.45, 7) is 4.60. The molecular weight excluding hydrogens is 400 g/mol. The topological polar surface area (TPSA) is 98.2 Å². The van der Waals surface area contributed by atoms with Crippen molar-refractivity contribution in [2.24, 2.45) is 0 Å². The van der Waals surface area contributed by atoms with Crippen LogP contribution in [0.25, 0.3) is 28.0 Å². The van der Waals surface area contributed by atoms with Crippen LogP contribution in [0.1, 0.15) is 48.7 Å². The fourth-order valence-electron chi connectivity index (χ4n) is 4.61. The zero-order chi connectivity index (χ0) is 22.2. The number of nitrogen functional groups attached to an aromatic ring is 1. The quantitative estimate of drug-likeness (QED) is 0.477. The first-order valence-corrected chi connectivity index (χ1v) is 11.0. The number of carbonyl (C=O) groups excluding carboxylic acids is 1. The van der Waals surface area contributed by atoms with Gasteiger partial charge < -0.3 is 11.1 Å². The summed E-state index contributed by atoms with van der Waals surface area (Å²) in [5.74, 6) is 0.451. The first-order valence-electron chi connectivity index (χ1n) is 11.0. The van der Waals surface area contributed by atoms with Crippen LogP contribution in [0, 0.1) is 0 Å². The van der Waals surface area contributed by atoms with Crippen molar-refractivity contribution in [2.45, 2.75) is 38.6 Å². The number of carbonyl (C=O) groups is 1. The Hall–Kier alpha value is -3.58. The second-order valence-electron chi connectivity index (χ2n) is 8.48. The van der Waals surface area contributed by atoms with Crippen molar-refractivity contribution < 1.29 is 4.79 Å². The van der Waals surface area contributed by atoms with Gasteiger partial charge in [0, 0.05) is 34.8 Å². The molecule has 2 atom stereocenters. The number of benzene rings is 1. The minimum atomic E-state index is -0.0796. The second-order valence-corrected chi connectivity index (χ2v) is 8.48. The van der Waals surface area contributed by atoms with Crippen LogP contribution in [0.2, 0.25) is 0 Å². The number of hydrogen-bond donors (Lipinski definition) is 2. The van der Waals surface area contributed by atoms with Crippen molar-refractivity contribution >= 4 is 17.2 Å². The van der Waals surface area contributed by atoms with Crippen LogP contribution in [0.3, 0.4) is 0 Å². The summed E-state index contributed by atoms with van der Waals surface area (Å²) in [4.78, 5) is 22.1. The van der Waals surface area contributed by atoms with Gasteiger partial charge in [0.05, 0.1) is 23.1 Å². The maximum atomic E-state index is 12.5. The molecule has 1 aromatic carbocycles. The molecule has 0 spiro atoms. The van der Waals surface area contributed by atoms with Gasteiger partial charge in [0.25, 0.3) is 0 Å².